The third-order valence-corrected chi connectivity index (χ3v) is 5.87. The van der Waals surface area contributed by atoms with E-state index in [0.29, 0.717) is 49.8 Å². The number of hydrogen-bond acceptors (Lipinski definition) is 5. The molecule has 166 valence electrons. The summed E-state index contributed by atoms with van der Waals surface area (Å²) >= 11 is 0. The van der Waals surface area contributed by atoms with Crippen molar-refractivity contribution in [2.24, 2.45) is 7.05 Å². The van der Waals surface area contributed by atoms with Crippen molar-refractivity contribution in [3.8, 4) is 5.75 Å². The molecule has 8 nitrogen and oxygen atoms in total. The van der Waals surface area contributed by atoms with Gasteiger partial charge in [0, 0.05) is 45.0 Å². The predicted octanol–water partition coefficient (Wildman–Crippen LogP) is 1.86. The fraction of sp³-hybridized carbons (Fsp3) is 0.333. The summed E-state index contributed by atoms with van der Waals surface area (Å²) in [7, 11) is 3.17. The van der Waals surface area contributed by atoms with Crippen molar-refractivity contribution in [2.75, 3.05) is 33.3 Å². The van der Waals surface area contributed by atoms with Gasteiger partial charge in [-0.05, 0) is 30.2 Å². The number of carbonyl (C=O) groups excluding carboxylic acids is 2. The van der Waals surface area contributed by atoms with Gasteiger partial charge in [-0.25, -0.2) is 4.68 Å². The summed E-state index contributed by atoms with van der Waals surface area (Å²) in [6.45, 7) is 1.84. The van der Waals surface area contributed by atoms with Crippen LogP contribution in [-0.4, -0.2) is 64.7 Å². The number of ether oxygens (including phenoxy) is 1. The molecular weight excluding hydrogens is 408 g/mol. The number of amides is 2. The van der Waals surface area contributed by atoms with Crippen molar-refractivity contribution < 1.29 is 14.3 Å². The molecule has 3 aromatic rings. The van der Waals surface area contributed by atoms with Crippen molar-refractivity contribution in [3.63, 3.8) is 0 Å². The molecule has 1 aliphatic rings. The number of aryl methyl sites for hydroxylation is 2. The van der Waals surface area contributed by atoms with Crippen LogP contribution in [0.2, 0.25) is 0 Å². The van der Waals surface area contributed by atoms with Crippen LogP contribution in [0.15, 0.2) is 53.3 Å². The van der Waals surface area contributed by atoms with E-state index in [9.17, 15) is 14.4 Å². The molecule has 0 saturated carbocycles. The summed E-state index contributed by atoms with van der Waals surface area (Å²) in [4.78, 5) is 41.6. The minimum Gasteiger partial charge on any atom is -0.497 e. The summed E-state index contributed by atoms with van der Waals surface area (Å²) in [5, 5.41) is 5.26. The van der Waals surface area contributed by atoms with Crippen LogP contribution in [0.5, 0.6) is 5.75 Å². The molecule has 0 spiro atoms. The number of rotatable bonds is 5. The van der Waals surface area contributed by atoms with Crippen LogP contribution in [0.3, 0.4) is 0 Å². The number of hydrogen-bond donors (Lipinski definition) is 0. The van der Waals surface area contributed by atoms with E-state index in [1.165, 1.54) is 4.68 Å². The highest BCUT2D eigenvalue weighted by Gasteiger charge is 2.27. The Morgan fingerprint density at radius 2 is 1.56 bits per heavy atom. The minimum absolute atomic E-state index is 0.0820. The van der Waals surface area contributed by atoms with Crippen molar-refractivity contribution in [2.45, 2.75) is 12.8 Å². The zero-order valence-electron chi connectivity index (χ0n) is 18.3. The largest absolute Gasteiger partial charge is 0.497 e. The monoisotopic (exact) mass is 434 g/mol. The molecule has 0 N–H and O–H groups in total. The molecule has 1 fully saturated rings. The lowest BCUT2D eigenvalue weighted by Gasteiger charge is -2.34. The summed E-state index contributed by atoms with van der Waals surface area (Å²) in [5.74, 6) is 0.655. The van der Waals surface area contributed by atoms with Gasteiger partial charge in [0.2, 0.25) is 5.91 Å². The average Bonchev–Trinajstić information content (AvgIpc) is 2.84. The first-order valence-electron chi connectivity index (χ1n) is 10.6. The number of aromatic nitrogens is 2. The van der Waals surface area contributed by atoms with E-state index in [-0.39, 0.29) is 23.1 Å². The first-order chi connectivity index (χ1) is 15.5. The van der Waals surface area contributed by atoms with Crippen molar-refractivity contribution in [3.05, 3.63) is 70.1 Å². The van der Waals surface area contributed by atoms with Gasteiger partial charge in [0.15, 0.2) is 5.69 Å². The van der Waals surface area contributed by atoms with Gasteiger partial charge >= 0.3 is 0 Å². The van der Waals surface area contributed by atoms with Crippen LogP contribution in [0.25, 0.3) is 10.8 Å². The summed E-state index contributed by atoms with van der Waals surface area (Å²) in [5.41, 5.74) is 1.12. The number of benzene rings is 2. The Balaban J connectivity index is 1.38. The van der Waals surface area contributed by atoms with E-state index in [0.717, 1.165) is 11.3 Å². The second-order valence-electron chi connectivity index (χ2n) is 7.84. The standard InChI is InChI=1S/C24H26N4O4/c1-26-23(30)20-6-4-3-5-19(20)22(25-26)24(31)28-15-13-27(14-16-28)21(29)12-9-17-7-10-18(32-2)11-8-17/h3-8,10-11H,9,12-16H2,1-2H3. The van der Waals surface area contributed by atoms with Gasteiger partial charge in [-0.15, -0.1) is 0 Å². The zero-order chi connectivity index (χ0) is 22.7. The maximum Gasteiger partial charge on any atom is 0.275 e. The SMILES string of the molecule is COc1ccc(CCC(=O)N2CCN(C(=O)c3nn(C)c(=O)c4ccccc34)CC2)cc1. The lowest BCUT2D eigenvalue weighted by atomic mass is 10.1. The van der Waals surface area contributed by atoms with Gasteiger partial charge in [-0.3, -0.25) is 14.4 Å². The average molecular weight is 434 g/mol. The molecule has 0 unspecified atom stereocenters. The molecule has 1 aliphatic heterocycles. The molecular formula is C24H26N4O4. The normalized spacial score (nSPS) is 13.9. The first kappa shape index (κ1) is 21.5. The van der Waals surface area contributed by atoms with Crippen molar-refractivity contribution in [1.29, 1.82) is 0 Å². The fourth-order valence-electron chi connectivity index (χ4n) is 3.97. The smallest absolute Gasteiger partial charge is 0.275 e. The Bertz CT molecular complexity index is 1190. The lowest BCUT2D eigenvalue weighted by molar-refractivity contribution is -0.132. The first-order valence-corrected chi connectivity index (χ1v) is 10.6. The Kier molecular flexibility index (Phi) is 6.20. The van der Waals surface area contributed by atoms with E-state index >= 15 is 0 Å². The lowest BCUT2D eigenvalue weighted by Crippen LogP contribution is -2.51. The Morgan fingerprint density at radius 3 is 2.22 bits per heavy atom. The van der Waals surface area contributed by atoms with Crippen LogP contribution in [-0.2, 0) is 18.3 Å². The topological polar surface area (TPSA) is 84.7 Å². The highest BCUT2D eigenvalue weighted by atomic mass is 16.5. The molecule has 0 aliphatic carbocycles. The van der Waals surface area contributed by atoms with Gasteiger partial charge < -0.3 is 14.5 Å². The van der Waals surface area contributed by atoms with Crippen LogP contribution >= 0.6 is 0 Å². The second kappa shape index (κ2) is 9.21. The predicted molar refractivity (Wildman–Crippen MR) is 121 cm³/mol. The maximum atomic E-state index is 13.2. The number of carbonyl (C=O) groups is 2. The molecule has 2 amide bonds. The van der Waals surface area contributed by atoms with Gasteiger partial charge in [0.1, 0.15) is 5.75 Å². The number of fused-ring (bicyclic) bond motifs is 1. The molecule has 0 bridgehead atoms. The molecule has 0 atom stereocenters. The van der Waals surface area contributed by atoms with E-state index in [1.807, 2.05) is 24.3 Å². The van der Waals surface area contributed by atoms with E-state index in [2.05, 4.69) is 5.10 Å². The summed E-state index contributed by atoms with van der Waals surface area (Å²) in [6, 6.07) is 14.7. The Morgan fingerprint density at radius 1 is 0.938 bits per heavy atom. The highest BCUT2D eigenvalue weighted by Crippen LogP contribution is 2.17. The van der Waals surface area contributed by atoms with Crippen molar-refractivity contribution >= 4 is 22.6 Å². The van der Waals surface area contributed by atoms with Gasteiger partial charge in [-0.2, -0.15) is 5.10 Å². The number of piperazine rings is 1. The molecule has 2 heterocycles. The van der Waals surface area contributed by atoms with Crippen LogP contribution in [0.4, 0.5) is 0 Å². The Hall–Kier alpha value is -3.68. The molecule has 0 radical (unpaired) electrons. The molecule has 4 rings (SSSR count). The van der Waals surface area contributed by atoms with Crippen molar-refractivity contribution in [1.82, 2.24) is 19.6 Å². The van der Waals surface area contributed by atoms with Gasteiger partial charge in [-0.1, -0.05) is 30.3 Å². The molecule has 32 heavy (non-hydrogen) atoms. The number of nitrogens with zero attached hydrogens (tertiary/aromatic N) is 4. The molecule has 1 saturated heterocycles. The van der Waals surface area contributed by atoms with E-state index < -0.39 is 0 Å². The molecule has 8 heteroatoms. The molecule has 2 aromatic carbocycles. The van der Waals surface area contributed by atoms with E-state index in [1.54, 1.807) is 48.2 Å². The third-order valence-electron chi connectivity index (χ3n) is 5.87. The zero-order valence-corrected chi connectivity index (χ0v) is 18.3. The van der Waals surface area contributed by atoms with Gasteiger partial charge in [0.05, 0.1) is 12.5 Å². The van der Waals surface area contributed by atoms with Gasteiger partial charge in [0.25, 0.3) is 11.5 Å². The third kappa shape index (κ3) is 4.34. The Labute approximate surface area is 186 Å². The second-order valence-corrected chi connectivity index (χ2v) is 7.84. The quantitative estimate of drug-likeness (QED) is 0.612. The van der Waals surface area contributed by atoms with Crippen LogP contribution in [0, 0.1) is 0 Å². The summed E-state index contributed by atoms with van der Waals surface area (Å²) < 4.78 is 6.36. The fourth-order valence-corrected chi connectivity index (χ4v) is 3.97. The number of methoxy groups -OCH3 is 1. The minimum atomic E-state index is -0.232. The highest BCUT2D eigenvalue weighted by molar-refractivity contribution is 6.04. The van der Waals surface area contributed by atoms with Crippen LogP contribution < -0.4 is 10.3 Å². The van der Waals surface area contributed by atoms with E-state index in [4.69, 9.17) is 4.74 Å². The van der Waals surface area contributed by atoms with Crippen LogP contribution in [0.1, 0.15) is 22.5 Å². The summed E-state index contributed by atoms with van der Waals surface area (Å²) in [6.07, 6.45) is 1.09. The molecule has 1 aromatic heterocycles. The maximum absolute atomic E-state index is 13.2.